The highest BCUT2D eigenvalue weighted by atomic mass is 19.4. The van der Waals surface area contributed by atoms with E-state index in [2.05, 4.69) is 20.4 Å². The van der Waals surface area contributed by atoms with E-state index in [4.69, 9.17) is 9.15 Å². The molecule has 4 aromatic heterocycles. The second-order valence-corrected chi connectivity index (χ2v) is 12.3. The number of furan rings is 1. The van der Waals surface area contributed by atoms with Crippen molar-refractivity contribution in [1.29, 1.82) is 0 Å². The van der Waals surface area contributed by atoms with Gasteiger partial charge in [0.25, 0.3) is 11.5 Å². The Morgan fingerprint density at radius 2 is 1.90 bits per heavy atom. The molecule has 0 atom stereocenters. The quantitative estimate of drug-likeness (QED) is 0.253. The predicted molar refractivity (Wildman–Crippen MR) is 179 cm³/mol. The number of alkyl halides is 3. The van der Waals surface area contributed by atoms with Crippen LogP contribution in [0, 0.1) is 6.92 Å². The van der Waals surface area contributed by atoms with E-state index in [9.17, 15) is 32.7 Å². The molecule has 6 heterocycles. The fraction of sp³-hybridized carbons (Fsp3) is 0.353. The highest BCUT2D eigenvalue weighted by Crippen LogP contribution is 2.32. The van der Waals surface area contributed by atoms with Crippen LogP contribution in [0.1, 0.15) is 46.5 Å². The Labute approximate surface area is 287 Å². The minimum atomic E-state index is -4.53. The van der Waals surface area contributed by atoms with Crippen LogP contribution in [0.15, 0.2) is 52.0 Å². The van der Waals surface area contributed by atoms with Gasteiger partial charge in [0, 0.05) is 31.9 Å². The number of aromatic nitrogens is 5. The minimum absolute atomic E-state index is 0.109. The largest absolute Gasteiger partial charge is 0.505 e. The SMILES string of the molecule is CCc1c(N2CCN(C(=O)c3ncc4occc4c3O)CC2)c(=O)n2nc(C3=CCOCC3)nc2n1CC(=O)Nc1ccc(C(F)(F)F)cc1C. The smallest absolute Gasteiger partial charge is 0.416 e. The van der Waals surface area contributed by atoms with Crippen molar-refractivity contribution in [2.24, 2.45) is 0 Å². The number of piperazine rings is 1. The van der Waals surface area contributed by atoms with E-state index >= 15 is 0 Å². The molecule has 266 valence electrons. The summed E-state index contributed by atoms with van der Waals surface area (Å²) in [6.07, 6.45) is 0.919. The van der Waals surface area contributed by atoms with Crippen molar-refractivity contribution < 1.29 is 37.0 Å². The number of nitrogens with zero attached hydrogens (tertiary/aromatic N) is 7. The molecule has 2 aliphatic rings. The molecule has 0 bridgehead atoms. The predicted octanol–water partition coefficient (Wildman–Crippen LogP) is 4.03. The number of aryl methyl sites for hydroxylation is 1. The number of nitrogens with one attached hydrogen (secondary N) is 1. The zero-order chi connectivity index (χ0) is 36.0. The number of carbonyl (C=O) groups is 2. The van der Waals surface area contributed by atoms with Crippen molar-refractivity contribution in [2.75, 3.05) is 49.6 Å². The van der Waals surface area contributed by atoms with E-state index in [-0.39, 0.29) is 66.9 Å². The van der Waals surface area contributed by atoms with E-state index in [1.807, 2.05) is 17.9 Å². The normalized spacial score (nSPS) is 15.4. The summed E-state index contributed by atoms with van der Waals surface area (Å²) in [6.45, 7) is 4.70. The topological polar surface area (TPSA) is 160 Å². The Balaban J connectivity index is 1.21. The van der Waals surface area contributed by atoms with E-state index in [1.54, 1.807) is 10.6 Å². The van der Waals surface area contributed by atoms with Gasteiger partial charge in [-0.1, -0.05) is 13.0 Å². The second kappa shape index (κ2) is 13.2. The summed E-state index contributed by atoms with van der Waals surface area (Å²) in [7, 11) is 0. The van der Waals surface area contributed by atoms with Gasteiger partial charge in [-0.05, 0) is 55.2 Å². The van der Waals surface area contributed by atoms with Crippen LogP contribution in [0.25, 0.3) is 22.3 Å². The number of hydrogen-bond donors (Lipinski definition) is 2. The van der Waals surface area contributed by atoms with Gasteiger partial charge in [-0.2, -0.15) is 22.7 Å². The summed E-state index contributed by atoms with van der Waals surface area (Å²) >= 11 is 0. The van der Waals surface area contributed by atoms with Crippen LogP contribution in [0.2, 0.25) is 0 Å². The number of halogens is 3. The van der Waals surface area contributed by atoms with Crippen LogP contribution >= 0.6 is 0 Å². The monoisotopic (exact) mass is 706 g/mol. The highest BCUT2D eigenvalue weighted by molar-refractivity contribution is 6.00. The van der Waals surface area contributed by atoms with Gasteiger partial charge in [0.15, 0.2) is 22.9 Å². The Bertz CT molecular complexity index is 2270. The Hall–Kier alpha value is -5.71. The summed E-state index contributed by atoms with van der Waals surface area (Å²) < 4.78 is 53.2. The van der Waals surface area contributed by atoms with Crippen LogP contribution in [0.5, 0.6) is 5.75 Å². The number of benzene rings is 1. The van der Waals surface area contributed by atoms with E-state index in [0.29, 0.717) is 48.5 Å². The molecular weight excluding hydrogens is 673 g/mol. The van der Waals surface area contributed by atoms with Gasteiger partial charge in [-0.3, -0.25) is 14.4 Å². The number of pyridine rings is 1. The molecule has 0 unspecified atom stereocenters. The summed E-state index contributed by atoms with van der Waals surface area (Å²) in [5, 5.41) is 18.3. The van der Waals surface area contributed by atoms with E-state index in [1.165, 1.54) is 30.4 Å². The summed E-state index contributed by atoms with van der Waals surface area (Å²) in [5.74, 6) is -0.843. The van der Waals surface area contributed by atoms with Crippen LogP contribution in [0.3, 0.4) is 0 Å². The third-order valence-electron chi connectivity index (χ3n) is 9.11. The number of hydrogen-bond acceptors (Lipinski definition) is 10. The number of aromatic hydroxyl groups is 1. The Morgan fingerprint density at radius 3 is 2.59 bits per heavy atom. The molecule has 1 fully saturated rings. The van der Waals surface area contributed by atoms with Crippen molar-refractivity contribution in [3.05, 3.63) is 81.5 Å². The zero-order valence-electron chi connectivity index (χ0n) is 27.7. The first-order chi connectivity index (χ1) is 24.4. The number of rotatable bonds is 7. The van der Waals surface area contributed by atoms with Crippen LogP contribution < -0.4 is 15.8 Å². The fourth-order valence-electron chi connectivity index (χ4n) is 6.48. The van der Waals surface area contributed by atoms with Crippen molar-refractivity contribution >= 4 is 45.5 Å². The molecule has 2 aliphatic heterocycles. The summed E-state index contributed by atoms with van der Waals surface area (Å²) in [4.78, 5) is 53.3. The maximum Gasteiger partial charge on any atom is 0.416 e. The number of fused-ring (bicyclic) bond motifs is 2. The van der Waals surface area contributed by atoms with Gasteiger partial charge < -0.3 is 33.9 Å². The average molecular weight is 707 g/mol. The van der Waals surface area contributed by atoms with Crippen LogP contribution in [-0.2, 0) is 28.7 Å². The lowest BCUT2D eigenvalue weighted by molar-refractivity contribution is -0.137. The van der Waals surface area contributed by atoms with Gasteiger partial charge in [-0.15, -0.1) is 5.10 Å². The number of anilines is 2. The third kappa shape index (κ3) is 6.28. The van der Waals surface area contributed by atoms with E-state index < -0.39 is 29.1 Å². The van der Waals surface area contributed by atoms with Gasteiger partial charge >= 0.3 is 6.18 Å². The highest BCUT2D eigenvalue weighted by Gasteiger charge is 2.32. The molecule has 5 aromatic rings. The van der Waals surface area contributed by atoms with Crippen molar-refractivity contribution in [3.63, 3.8) is 0 Å². The summed E-state index contributed by atoms with van der Waals surface area (Å²) in [5.41, 5.74) is 0.978. The van der Waals surface area contributed by atoms with Gasteiger partial charge in [-0.25, -0.2) is 4.98 Å². The molecule has 7 rings (SSSR count). The standard InChI is InChI=1S/C34H33F3N8O6/c1-3-24-28(42-9-11-43(12-10-42)31(48)27-29(47)22-8-15-51-25(22)17-38-27)32(49)45-33(40-30(41-45)20-6-13-50-14-7-20)44(24)18-26(46)39-23-5-4-21(16-19(23)2)34(35,36)37/h4-6,8,15-17,47H,3,7,9-14,18H2,1-2H3,(H,39,46). The fourth-order valence-corrected chi connectivity index (χ4v) is 6.48. The first-order valence-electron chi connectivity index (χ1n) is 16.3. The Morgan fingerprint density at radius 1 is 1.12 bits per heavy atom. The molecule has 1 saturated heterocycles. The first kappa shape index (κ1) is 33.8. The molecular formula is C34H33F3N8O6. The number of carbonyl (C=O) groups excluding carboxylic acids is 2. The average Bonchev–Trinajstić information content (AvgIpc) is 3.79. The minimum Gasteiger partial charge on any atom is -0.505 e. The Kier molecular flexibility index (Phi) is 8.74. The zero-order valence-corrected chi connectivity index (χ0v) is 27.7. The third-order valence-corrected chi connectivity index (χ3v) is 9.11. The van der Waals surface area contributed by atoms with Crippen molar-refractivity contribution in [3.8, 4) is 5.75 Å². The molecule has 0 aliphatic carbocycles. The van der Waals surface area contributed by atoms with Crippen molar-refractivity contribution in [1.82, 2.24) is 29.0 Å². The lowest BCUT2D eigenvalue weighted by atomic mass is 10.1. The molecule has 0 saturated carbocycles. The van der Waals surface area contributed by atoms with Gasteiger partial charge in [0.05, 0.1) is 42.3 Å². The number of ether oxygens (including phenoxy) is 1. The molecule has 2 N–H and O–H groups in total. The molecule has 17 heteroatoms. The maximum atomic E-state index is 14.2. The first-order valence-corrected chi connectivity index (χ1v) is 16.3. The van der Waals surface area contributed by atoms with E-state index in [0.717, 1.165) is 22.2 Å². The molecule has 0 radical (unpaired) electrons. The summed E-state index contributed by atoms with van der Waals surface area (Å²) in [6, 6.07) is 4.62. The lowest BCUT2D eigenvalue weighted by Crippen LogP contribution is -2.51. The molecule has 14 nitrogen and oxygen atoms in total. The van der Waals surface area contributed by atoms with Gasteiger partial charge in [0.2, 0.25) is 11.7 Å². The molecule has 51 heavy (non-hydrogen) atoms. The molecule has 0 spiro atoms. The molecule has 2 amide bonds. The lowest BCUT2D eigenvalue weighted by Gasteiger charge is -2.36. The number of amides is 2. The van der Waals surface area contributed by atoms with Crippen LogP contribution in [-0.4, -0.2) is 85.4 Å². The van der Waals surface area contributed by atoms with Crippen LogP contribution in [0.4, 0.5) is 24.5 Å². The molecule has 1 aromatic carbocycles. The van der Waals surface area contributed by atoms with Gasteiger partial charge in [0.1, 0.15) is 12.2 Å². The second-order valence-electron chi connectivity index (χ2n) is 12.3. The maximum absolute atomic E-state index is 14.2. The van der Waals surface area contributed by atoms with Crippen molar-refractivity contribution in [2.45, 2.75) is 39.4 Å².